The quantitative estimate of drug-likeness (QED) is 0.876. The standard InChI is InChI=1S/C14H17NO5S/c1-15(8-12-5-6-20-10-12)21(17,18)14-7-11(9-16)3-4-13(14)19-2/h3-7,10,16H,8-9H2,1-2H3. The minimum Gasteiger partial charge on any atom is -0.495 e. The highest BCUT2D eigenvalue weighted by Gasteiger charge is 2.25. The van der Waals surface area contributed by atoms with E-state index in [0.717, 1.165) is 5.56 Å². The van der Waals surface area contributed by atoms with Gasteiger partial charge in [0.1, 0.15) is 10.6 Å². The third-order valence-corrected chi connectivity index (χ3v) is 4.91. The Labute approximate surface area is 123 Å². The summed E-state index contributed by atoms with van der Waals surface area (Å²) in [4.78, 5) is 0.0301. The molecular formula is C14H17NO5S. The molecule has 1 heterocycles. The van der Waals surface area contributed by atoms with Gasteiger partial charge < -0.3 is 14.3 Å². The molecule has 0 aliphatic carbocycles. The van der Waals surface area contributed by atoms with Gasteiger partial charge in [-0.2, -0.15) is 4.31 Å². The van der Waals surface area contributed by atoms with Crippen molar-refractivity contribution in [2.45, 2.75) is 18.0 Å². The molecule has 1 aromatic carbocycles. The molecule has 0 saturated heterocycles. The molecule has 0 bridgehead atoms. The Balaban J connectivity index is 2.38. The zero-order valence-corrected chi connectivity index (χ0v) is 12.6. The molecule has 0 amide bonds. The Hall–Kier alpha value is -1.83. The predicted octanol–water partition coefficient (Wildman–Crippen LogP) is 1.60. The summed E-state index contributed by atoms with van der Waals surface area (Å²) < 4.78 is 36.5. The number of nitrogens with zero attached hydrogens (tertiary/aromatic N) is 1. The van der Waals surface area contributed by atoms with Crippen LogP contribution in [0.1, 0.15) is 11.1 Å². The van der Waals surface area contributed by atoms with E-state index in [1.165, 1.54) is 43.1 Å². The van der Waals surface area contributed by atoms with Crippen LogP contribution in [0.3, 0.4) is 0 Å². The molecular weight excluding hydrogens is 294 g/mol. The molecule has 0 fully saturated rings. The van der Waals surface area contributed by atoms with Crippen molar-refractivity contribution in [3.63, 3.8) is 0 Å². The monoisotopic (exact) mass is 311 g/mol. The SMILES string of the molecule is COc1ccc(CO)cc1S(=O)(=O)N(C)Cc1ccoc1. The molecule has 7 heteroatoms. The molecule has 0 unspecified atom stereocenters. The number of hydrogen-bond donors (Lipinski definition) is 1. The fraction of sp³-hybridized carbons (Fsp3) is 0.286. The molecule has 2 aromatic rings. The number of benzene rings is 1. The highest BCUT2D eigenvalue weighted by Crippen LogP contribution is 2.28. The van der Waals surface area contributed by atoms with Crippen LogP contribution >= 0.6 is 0 Å². The molecule has 21 heavy (non-hydrogen) atoms. The summed E-state index contributed by atoms with van der Waals surface area (Å²) in [5, 5.41) is 9.18. The molecule has 114 valence electrons. The fourth-order valence-electron chi connectivity index (χ4n) is 1.91. The normalized spacial score (nSPS) is 11.8. The molecule has 1 N–H and O–H groups in total. The Kier molecular flexibility index (Phi) is 4.66. The average Bonchev–Trinajstić information content (AvgIpc) is 2.99. The zero-order chi connectivity index (χ0) is 15.5. The van der Waals surface area contributed by atoms with Crippen molar-refractivity contribution in [2.75, 3.05) is 14.2 Å². The van der Waals surface area contributed by atoms with E-state index in [9.17, 15) is 13.5 Å². The van der Waals surface area contributed by atoms with Crippen LogP contribution in [0.2, 0.25) is 0 Å². The summed E-state index contributed by atoms with van der Waals surface area (Å²) in [5.41, 5.74) is 1.25. The number of aliphatic hydroxyl groups is 1. The van der Waals surface area contributed by atoms with E-state index in [1.807, 2.05) is 0 Å². The maximum Gasteiger partial charge on any atom is 0.246 e. The molecule has 1 aromatic heterocycles. The highest BCUT2D eigenvalue weighted by molar-refractivity contribution is 7.89. The minimum atomic E-state index is -3.73. The van der Waals surface area contributed by atoms with Gasteiger partial charge in [0.15, 0.2) is 0 Å². The first-order valence-electron chi connectivity index (χ1n) is 6.24. The smallest absolute Gasteiger partial charge is 0.246 e. The van der Waals surface area contributed by atoms with E-state index in [-0.39, 0.29) is 23.8 Å². The van der Waals surface area contributed by atoms with Gasteiger partial charge in [-0.15, -0.1) is 0 Å². The van der Waals surface area contributed by atoms with E-state index < -0.39 is 10.0 Å². The van der Waals surface area contributed by atoms with Crippen LogP contribution < -0.4 is 4.74 Å². The Morgan fingerprint density at radius 3 is 2.62 bits per heavy atom. The van der Waals surface area contributed by atoms with Crippen molar-refractivity contribution >= 4 is 10.0 Å². The topological polar surface area (TPSA) is 80.0 Å². The molecule has 0 spiro atoms. The third kappa shape index (κ3) is 3.26. The summed E-state index contributed by atoms with van der Waals surface area (Å²) in [6, 6.07) is 6.27. The number of ether oxygens (including phenoxy) is 1. The lowest BCUT2D eigenvalue weighted by Gasteiger charge is -2.18. The van der Waals surface area contributed by atoms with E-state index in [0.29, 0.717) is 5.56 Å². The molecule has 6 nitrogen and oxygen atoms in total. The third-order valence-electron chi connectivity index (χ3n) is 3.08. The van der Waals surface area contributed by atoms with Crippen LogP contribution in [0.5, 0.6) is 5.75 Å². The number of hydrogen-bond acceptors (Lipinski definition) is 5. The minimum absolute atomic E-state index is 0.0301. The predicted molar refractivity (Wildman–Crippen MR) is 76.3 cm³/mol. The molecule has 2 rings (SSSR count). The Morgan fingerprint density at radius 2 is 2.05 bits per heavy atom. The average molecular weight is 311 g/mol. The van der Waals surface area contributed by atoms with E-state index in [4.69, 9.17) is 9.15 Å². The lowest BCUT2D eigenvalue weighted by Crippen LogP contribution is -2.26. The summed E-state index contributed by atoms with van der Waals surface area (Å²) >= 11 is 0. The van der Waals surface area contributed by atoms with Gasteiger partial charge >= 0.3 is 0 Å². The van der Waals surface area contributed by atoms with Gasteiger partial charge in [-0.3, -0.25) is 0 Å². The van der Waals surface area contributed by atoms with Crippen molar-refractivity contribution in [3.05, 3.63) is 47.9 Å². The number of aliphatic hydroxyl groups excluding tert-OH is 1. The summed E-state index contributed by atoms with van der Waals surface area (Å²) in [6.45, 7) is -0.0523. The van der Waals surface area contributed by atoms with Crippen molar-refractivity contribution in [1.82, 2.24) is 4.31 Å². The van der Waals surface area contributed by atoms with Gasteiger partial charge in [0.25, 0.3) is 0 Å². The number of methoxy groups -OCH3 is 1. The van der Waals surface area contributed by atoms with Crippen LogP contribution in [0, 0.1) is 0 Å². The van der Waals surface area contributed by atoms with Gasteiger partial charge in [-0.25, -0.2) is 8.42 Å². The number of sulfonamides is 1. The van der Waals surface area contributed by atoms with Crippen LogP contribution in [0.4, 0.5) is 0 Å². The second kappa shape index (κ2) is 6.30. The maximum absolute atomic E-state index is 12.6. The van der Waals surface area contributed by atoms with E-state index in [2.05, 4.69) is 0 Å². The number of furan rings is 1. The first-order chi connectivity index (χ1) is 9.98. The molecule has 0 saturated carbocycles. The van der Waals surface area contributed by atoms with Gasteiger partial charge in [0.05, 0.1) is 26.2 Å². The summed E-state index contributed by atoms with van der Waals surface area (Å²) in [6.07, 6.45) is 2.98. The fourth-order valence-corrected chi connectivity index (χ4v) is 3.27. The van der Waals surface area contributed by atoms with Gasteiger partial charge in [-0.1, -0.05) is 6.07 Å². The first kappa shape index (κ1) is 15.6. The second-order valence-corrected chi connectivity index (χ2v) is 6.55. The van der Waals surface area contributed by atoms with Gasteiger partial charge in [0, 0.05) is 19.2 Å². The van der Waals surface area contributed by atoms with Crippen molar-refractivity contribution in [3.8, 4) is 5.75 Å². The summed E-state index contributed by atoms with van der Waals surface area (Å²) in [7, 11) is -0.850. The Morgan fingerprint density at radius 1 is 1.29 bits per heavy atom. The first-order valence-corrected chi connectivity index (χ1v) is 7.68. The largest absolute Gasteiger partial charge is 0.495 e. The lowest BCUT2D eigenvalue weighted by molar-refractivity contribution is 0.281. The summed E-state index contributed by atoms with van der Waals surface area (Å²) in [5.74, 6) is 0.242. The Bertz CT molecular complexity index is 694. The maximum atomic E-state index is 12.6. The van der Waals surface area contributed by atoms with Crippen LogP contribution in [-0.4, -0.2) is 32.0 Å². The second-order valence-electron chi connectivity index (χ2n) is 4.54. The highest BCUT2D eigenvalue weighted by atomic mass is 32.2. The van der Waals surface area contributed by atoms with Crippen molar-refractivity contribution in [2.24, 2.45) is 0 Å². The van der Waals surface area contributed by atoms with Crippen LogP contribution in [-0.2, 0) is 23.2 Å². The molecule has 0 atom stereocenters. The van der Waals surface area contributed by atoms with E-state index in [1.54, 1.807) is 12.1 Å². The number of rotatable bonds is 6. The van der Waals surface area contributed by atoms with Crippen LogP contribution in [0.25, 0.3) is 0 Å². The molecule has 0 radical (unpaired) electrons. The molecule has 0 aliphatic rings. The van der Waals surface area contributed by atoms with Gasteiger partial charge in [-0.05, 0) is 23.8 Å². The zero-order valence-electron chi connectivity index (χ0n) is 11.8. The lowest BCUT2D eigenvalue weighted by atomic mass is 10.2. The van der Waals surface area contributed by atoms with Crippen LogP contribution in [0.15, 0.2) is 46.1 Å². The van der Waals surface area contributed by atoms with Crippen molar-refractivity contribution < 1.29 is 22.7 Å². The van der Waals surface area contributed by atoms with E-state index >= 15 is 0 Å². The molecule has 0 aliphatic heterocycles. The van der Waals surface area contributed by atoms with Crippen molar-refractivity contribution in [1.29, 1.82) is 0 Å². The van der Waals surface area contributed by atoms with Gasteiger partial charge in [0.2, 0.25) is 10.0 Å².